The molecule has 1 aromatic heterocycles. The Morgan fingerprint density at radius 3 is 2.52 bits per heavy atom. The Kier molecular flexibility index (Phi) is 4.26. The molecule has 1 fully saturated rings. The van der Waals surface area contributed by atoms with Gasteiger partial charge in [-0.1, -0.05) is 18.2 Å². The average Bonchev–Trinajstić information content (AvgIpc) is 3.40. The van der Waals surface area contributed by atoms with Crippen LogP contribution in [0.25, 0.3) is 0 Å². The minimum atomic E-state index is -1.30. The summed E-state index contributed by atoms with van der Waals surface area (Å²) >= 11 is 0. The summed E-state index contributed by atoms with van der Waals surface area (Å²) in [6.45, 7) is 0.0292. The summed E-state index contributed by atoms with van der Waals surface area (Å²) in [6, 6.07) is 10.8. The van der Waals surface area contributed by atoms with Crippen molar-refractivity contribution in [2.75, 3.05) is 5.75 Å². The molecular weight excluding hydrogens is 314 g/mol. The highest BCUT2D eigenvalue weighted by Gasteiger charge is 2.26. The maximum atomic E-state index is 12.4. The molecule has 0 radical (unpaired) electrons. The molecule has 1 aliphatic rings. The molecule has 1 heterocycles. The summed E-state index contributed by atoms with van der Waals surface area (Å²) in [5.41, 5.74) is -1.09. The molecule has 1 saturated carbocycles. The van der Waals surface area contributed by atoms with Crippen LogP contribution >= 0.6 is 0 Å². The highest BCUT2D eigenvalue weighted by Crippen LogP contribution is 2.33. The van der Waals surface area contributed by atoms with Crippen molar-refractivity contribution in [2.24, 2.45) is 0 Å². The normalized spacial score (nSPS) is 15.1. The van der Waals surface area contributed by atoms with Gasteiger partial charge in [0.05, 0.1) is 10.8 Å². The molecule has 0 saturated heterocycles. The van der Waals surface area contributed by atoms with Crippen molar-refractivity contribution in [3.63, 3.8) is 0 Å². The zero-order valence-corrected chi connectivity index (χ0v) is 13.2. The highest BCUT2D eigenvalue weighted by molar-refractivity contribution is 7.85. The van der Waals surface area contributed by atoms with Crippen molar-refractivity contribution >= 4 is 10.8 Å². The van der Waals surface area contributed by atoms with Gasteiger partial charge in [0.1, 0.15) is 11.6 Å². The van der Waals surface area contributed by atoms with Gasteiger partial charge >= 0.3 is 5.69 Å². The summed E-state index contributed by atoms with van der Waals surface area (Å²) in [5.74, 6) is 0.151. The number of nitrogens with zero attached hydrogens (tertiary/aromatic N) is 3. The lowest BCUT2D eigenvalue weighted by Gasteiger charge is -2.10. The minimum Gasteiger partial charge on any atom is -0.296 e. The Bertz CT molecular complexity index is 905. The molecule has 0 spiro atoms. The molecule has 3 rings (SSSR count). The van der Waals surface area contributed by atoms with Crippen LogP contribution in [0.4, 0.5) is 0 Å². The third kappa shape index (κ3) is 3.17. The largest absolute Gasteiger partial charge is 0.331 e. The van der Waals surface area contributed by atoms with Crippen molar-refractivity contribution in [1.82, 2.24) is 9.13 Å². The van der Waals surface area contributed by atoms with Crippen LogP contribution in [0.15, 0.2) is 51.0 Å². The molecule has 7 heteroatoms. The Morgan fingerprint density at radius 2 is 1.91 bits per heavy atom. The van der Waals surface area contributed by atoms with E-state index in [4.69, 9.17) is 5.26 Å². The van der Waals surface area contributed by atoms with Gasteiger partial charge in [0.15, 0.2) is 0 Å². The van der Waals surface area contributed by atoms with Crippen molar-refractivity contribution < 1.29 is 4.21 Å². The summed E-state index contributed by atoms with van der Waals surface area (Å²) in [6.07, 6.45) is 3.09. The van der Waals surface area contributed by atoms with E-state index in [0.29, 0.717) is 4.90 Å². The molecule has 0 bridgehead atoms. The van der Waals surface area contributed by atoms with E-state index in [1.807, 2.05) is 12.1 Å². The van der Waals surface area contributed by atoms with Crippen molar-refractivity contribution in [1.29, 1.82) is 5.26 Å². The number of aromatic nitrogens is 2. The second-order valence-electron chi connectivity index (χ2n) is 5.40. The van der Waals surface area contributed by atoms with Crippen LogP contribution < -0.4 is 11.2 Å². The van der Waals surface area contributed by atoms with Gasteiger partial charge in [-0.05, 0) is 25.0 Å². The topological polar surface area (TPSA) is 84.9 Å². The second-order valence-corrected chi connectivity index (χ2v) is 6.97. The molecule has 1 atom stereocenters. The van der Waals surface area contributed by atoms with Gasteiger partial charge in [-0.25, -0.2) is 4.79 Å². The van der Waals surface area contributed by atoms with Gasteiger partial charge in [-0.3, -0.25) is 18.1 Å². The van der Waals surface area contributed by atoms with E-state index in [1.165, 1.54) is 10.8 Å². The van der Waals surface area contributed by atoms with Gasteiger partial charge in [-0.15, -0.1) is 0 Å². The zero-order valence-electron chi connectivity index (χ0n) is 12.3. The lowest BCUT2D eigenvalue weighted by Crippen LogP contribution is -2.41. The molecule has 118 valence electrons. The SMILES string of the molecule is N#Cc1cn(C2CC2)c(=O)n(CCS(=O)c2ccccc2)c1=O. The van der Waals surface area contributed by atoms with E-state index in [0.717, 1.165) is 17.4 Å². The van der Waals surface area contributed by atoms with Crippen molar-refractivity contribution in [3.05, 3.63) is 62.9 Å². The molecule has 1 aliphatic carbocycles. The van der Waals surface area contributed by atoms with Gasteiger partial charge in [0, 0.05) is 29.4 Å². The quantitative estimate of drug-likeness (QED) is 0.820. The molecule has 0 aliphatic heterocycles. The monoisotopic (exact) mass is 329 g/mol. The van der Waals surface area contributed by atoms with Gasteiger partial charge < -0.3 is 0 Å². The van der Waals surface area contributed by atoms with Gasteiger partial charge in [-0.2, -0.15) is 5.26 Å². The summed E-state index contributed by atoms with van der Waals surface area (Å²) in [5, 5.41) is 9.08. The Hall–Kier alpha value is -2.46. The van der Waals surface area contributed by atoms with E-state index >= 15 is 0 Å². The second kappa shape index (κ2) is 6.34. The number of benzene rings is 1. The van der Waals surface area contributed by atoms with Crippen LogP contribution in [0.1, 0.15) is 24.4 Å². The average molecular weight is 329 g/mol. The Labute approximate surface area is 135 Å². The Balaban J connectivity index is 1.89. The van der Waals surface area contributed by atoms with Gasteiger partial charge in [0.25, 0.3) is 5.56 Å². The first-order chi connectivity index (χ1) is 11.1. The first-order valence-electron chi connectivity index (χ1n) is 7.31. The first-order valence-corrected chi connectivity index (χ1v) is 8.63. The molecule has 1 aromatic carbocycles. The molecule has 0 N–H and O–H groups in total. The predicted octanol–water partition coefficient (Wildman–Crippen LogP) is 1.02. The van der Waals surface area contributed by atoms with Crippen LogP contribution in [0.3, 0.4) is 0 Å². The van der Waals surface area contributed by atoms with Crippen LogP contribution in [0, 0.1) is 11.3 Å². The van der Waals surface area contributed by atoms with E-state index in [-0.39, 0.29) is 23.9 Å². The third-order valence-electron chi connectivity index (χ3n) is 3.76. The summed E-state index contributed by atoms with van der Waals surface area (Å²) < 4.78 is 14.7. The number of rotatable bonds is 5. The molecule has 2 aromatic rings. The van der Waals surface area contributed by atoms with Crippen LogP contribution in [0.5, 0.6) is 0 Å². The summed E-state index contributed by atoms with van der Waals surface area (Å²) in [4.78, 5) is 25.3. The maximum Gasteiger partial charge on any atom is 0.331 e. The standard InChI is InChI=1S/C16H15N3O3S/c17-10-12-11-19(13-6-7-13)16(21)18(15(12)20)8-9-23(22)14-4-2-1-3-5-14/h1-5,11,13H,6-9H2. The van der Waals surface area contributed by atoms with Crippen LogP contribution in [-0.2, 0) is 17.3 Å². The fraction of sp³-hybridized carbons (Fsp3) is 0.312. The molecule has 1 unspecified atom stereocenters. The van der Waals surface area contributed by atoms with E-state index < -0.39 is 22.0 Å². The van der Waals surface area contributed by atoms with E-state index in [2.05, 4.69) is 0 Å². The number of nitriles is 1. The van der Waals surface area contributed by atoms with E-state index in [1.54, 1.807) is 24.3 Å². The smallest absolute Gasteiger partial charge is 0.296 e. The fourth-order valence-corrected chi connectivity index (χ4v) is 3.42. The summed E-state index contributed by atoms with van der Waals surface area (Å²) in [7, 11) is -1.30. The van der Waals surface area contributed by atoms with Crippen molar-refractivity contribution in [3.8, 4) is 6.07 Å². The van der Waals surface area contributed by atoms with Crippen LogP contribution in [-0.4, -0.2) is 19.1 Å². The fourth-order valence-electron chi connectivity index (χ4n) is 2.37. The maximum absolute atomic E-state index is 12.4. The van der Waals surface area contributed by atoms with Crippen molar-refractivity contribution in [2.45, 2.75) is 30.3 Å². The molecule has 0 amide bonds. The minimum absolute atomic E-state index is 0.0292. The highest BCUT2D eigenvalue weighted by atomic mass is 32.2. The Morgan fingerprint density at radius 1 is 1.22 bits per heavy atom. The van der Waals surface area contributed by atoms with Gasteiger partial charge in [0.2, 0.25) is 0 Å². The van der Waals surface area contributed by atoms with E-state index in [9.17, 15) is 13.8 Å². The third-order valence-corrected chi connectivity index (χ3v) is 5.11. The molecule has 23 heavy (non-hydrogen) atoms. The molecule has 6 nitrogen and oxygen atoms in total. The van der Waals surface area contributed by atoms with Crippen LogP contribution in [0.2, 0.25) is 0 Å². The molecular formula is C16H15N3O3S. The number of hydrogen-bond acceptors (Lipinski definition) is 4. The number of hydrogen-bond donors (Lipinski definition) is 0. The predicted molar refractivity (Wildman–Crippen MR) is 85.7 cm³/mol. The lowest BCUT2D eigenvalue weighted by atomic mass is 10.3. The zero-order chi connectivity index (χ0) is 16.4. The first kappa shape index (κ1) is 15.4. The lowest BCUT2D eigenvalue weighted by molar-refractivity contribution is 0.576.